The van der Waals surface area contributed by atoms with E-state index in [9.17, 15) is 18.0 Å². The lowest BCUT2D eigenvalue weighted by Gasteiger charge is -2.17. The number of carbonyl (C=O) groups is 1. The summed E-state index contributed by atoms with van der Waals surface area (Å²) in [4.78, 5) is 11.7. The van der Waals surface area contributed by atoms with Crippen molar-refractivity contribution in [2.24, 2.45) is 0 Å². The summed E-state index contributed by atoms with van der Waals surface area (Å²) in [5.41, 5.74) is -0.643. The van der Waals surface area contributed by atoms with Crippen LogP contribution in [-0.2, 0) is 11.0 Å². The van der Waals surface area contributed by atoms with Crippen LogP contribution in [0.5, 0.6) is 0 Å². The molecule has 1 unspecified atom stereocenters. The van der Waals surface area contributed by atoms with E-state index >= 15 is 0 Å². The lowest BCUT2D eigenvalue weighted by Crippen LogP contribution is -2.15. The topological polar surface area (TPSA) is 17.1 Å². The summed E-state index contributed by atoms with van der Waals surface area (Å²) in [6.07, 6.45) is -3.44. The van der Waals surface area contributed by atoms with Gasteiger partial charge in [-0.25, -0.2) is 0 Å². The Labute approximate surface area is 98.6 Å². The summed E-state index contributed by atoms with van der Waals surface area (Å²) in [6.45, 7) is 3.36. The Kier molecular flexibility index (Phi) is 4.32. The van der Waals surface area contributed by atoms with Crippen LogP contribution in [0.1, 0.15) is 43.7 Å². The van der Waals surface area contributed by atoms with Crippen molar-refractivity contribution in [2.45, 2.75) is 38.8 Å². The average molecular weight is 244 g/mol. The molecule has 0 aliphatic rings. The zero-order valence-corrected chi connectivity index (χ0v) is 9.84. The molecule has 17 heavy (non-hydrogen) atoms. The number of rotatable bonds is 4. The van der Waals surface area contributed by atoms with Crippen LogP contribution in [0.3, 0.4) is 0 Å². The fraction of sp³-hybridized carbons (Fsp3) is 0.462. The third kappa shape index (κ3) is 3.32. The van der Waals surface area contributed by atoms with Gasteiger partial charge in [-0.2, -0.15) is 13.2 Å². The molecule has 1 nitrogen and oxygen atoms in total. The van der Waals surface area contributed by atoms with Gasteiger partial charge in [-0.1, -0.05) is 32.0 Å². The predicted molar refractivity (Wildman–Crippen MR) is 59.8 cm³/mol. The highest BCUT2D eigenvalue weighted by atomic mass is 19.4. The van der Waals surface area contributed by atoms with Crippen LogP contribution in [0, 0.1) is 0 Å². The van der Waals surface area contributed by atoms with Gasteiger partial charge in [0.15, 0.2) is 0 Å². The first kappa shape index (κ1) is 13.7. The van der Waals surface area contributed by atoms with E-state index in [2.05, 4.69) is 0 Å². The van der Waals surface area contributed by atoms with E-state index < -0.39 is 17.7 Å². The molecule has 0 amide bonds. The Morgan fingerprint density at radius 3 is 2.41 bits per heavy atom. The van der Waals surface area contributed by atoms with E-state index in [1.807, 2.05) is 6.92 Å². The van der Waals surface area contributed by atoms with Crippen LogP contribution in [0.4, 0.5) is 13.2 Å². The minimum absolute atomic E-state index is 0.0680. The molecular weight excluding hydrogens is 229 g/mol. The maximum atomic E-state index is 12.7. The Hall–Kier alpha value is -1.32. The zero-order chi connectivity index (χ0) is 13.1. The van der Waals surface area contributed by atoms with Crippen molar-refractivity contribution >= 4 is 5.78 Å². The second-order valence-electron chi connectivity index (χ2n) is 4.02. The molecule has 0 radical (unpaired) electrons. The molecule has 0 aliphatic carbocycles. The molecule has 1 aromatic carbocycles. The van der Waals surface area contributed by atoms with Gasteiger partial charge in [0.1, 0.15) is 5.78 Å². The standard InChI is InChI=1S/C13H15F3O/c1-3-6-12(17)9(2)10-7-4-5-8-11(10)13(14,15)16/h4-5,7-9H,3,6H2,1-2H3. The molecule has 0 saturated carbocycles. The number of halogens is 3. The monoisotopic (exact) mass is 244 g/mol. The summed E-state index contributed by atoms with van der Waals surface area (Å²) in [6, 6.07) is 5.26. The van der Waals surface area contributed by atoms with Gasteiger partial charge in [-0.15, -0.1) is 0 Å². The summed E-state index contributed by atoms with van der Waals surface area (Å²) in [5.74, 6) is -0.850. The van der Waals surface area contributed by atoms with Crippen LogP contribution < -0.4 is 0 Å². The van der Waals surface area contributed by atoms with Crippen molar-refractivity contribution in [3.63, 3.8) is 0 Å². The SMILES string of the molecule is CCCC(=O)C(C)c1ccccc1C(F)(F)F. The largest absolute Gasteiger partial charge is 0.416 e. The fourth-order valence-corrected chi connectivity index (χ4v) is 1.77. The van der Waals surface area contributed by atoms with Gasteiger partial charge in [0.25, 0.3) is 0 Å². The number of carbonyl (C=O) groups excluding carboxylic acids is 1. The van der Waals surface area contributed by atoms with E-state index in [4.69, 9.17) is 0 Å². The Morgan fingerprint density at radius 2 is 1.88 bits per heavy atom. The van der Waals surface area contributed by atoms with Gasteiger partial charge < -0.3 is 0 Å². The Balaban J connectivity index is 3.09. The number of Topliss-reactive ketones (excluding diaryl/α,β-unsaturated/α-hetero) is 1. The number of ketones is 1. The molecule has 94 valence electrons. The van der Waals surface area contributed by atoms with Crippen molar-refractivity contribution in [1.29, 1.82) is 0 Å². The highest BCUT2D eigenvalue weighted by Crippen LogP contribution is 2.35. The summed E-state index contributed by atoms with van der Waals surface area (Å²) in [5, 5.41) is 0. The second-order valence-corrected chi connectivity index (χ2v) is 4.02. The van der Waals surface area contributed by atoms with E-state index in [1.54, 1.807) is 0 Å². The number of benzene rings is 1. The van der Waals surface area contributed by atoms with Gasteiger partial charge in [-0.05, 0) is 18.1 Å². The number of alkyl halides is 3. The first-order valence-corrected chi connectivity index (χ1v) is 5.56. The lowest BCUT2D eigenvalue weighted by atomic mass is 9.90. The fourth-order valence-electron chi connectivity index (χ4n) is 1.77. The molecule has 0 saturated heterocycles. The molecule has 0 aliphatic heterocycles. The molecule has 1 rings (SSSR count). The summed E-state index contributed by atoms with van der Waals surface area (Å²) in [7, 11) is 0. The smallest absolute Gasteiger partial charge is 0.299 e. The maximum Gasteiger partial charge on any atom is 0.416 e. The number of hydrogen-bond acceptors (Lipinski definition) is 1. The first-order chi connectivity index (χ1) is 7.88. The highest BCUT2D eigenvalue weighted by molar-refractivity contribution is 5.85. The van der Waals surface area contributed by atoms with Crippen molar-refractivity contribution in [2.75, 3.05) is 0 Å². The van der Waals surface area contributed by atoms with Gasteiger partial charge in [-0.3, -0.25) is 4.79 Å². The number of hydrogen-bond donors (Lipinski definition) is 0. The Bertz CT molecular complexity index is 396. The van der Waals surface area contributed by atoms with Gasteiger partial charge in [0, 0.05) is 12.3 Å². The van der Waals surface area contributed by atoms with Crippen molar-refractivity contribution in [3.8, 4) is 0 Å². The van der Waals surface area contributed by atoms with Crippen LogP contribution in [0.2, 0.25) is 0 Å². The van der Waals surface area contributed by atoms with E-state index in [-0.39, 0.29) is 11.3 Å². The van der Waals surface area contributed by atoms with Crippen LogP contribution in [0.25, 0.3) is 0 Å². The van der Waals surface area contributed by atoms with Crippen molar-refractivity contribution in [1.82, 2.24) is 0 Å². The molecule has 0 aromatic heterocycles. The highest BCUT2D eigenvalue weighted by Gasteiger charge is 2.35. The maximum absolute atomic E-state index is 12.7. The van der Waals surface area contributed by atoms with Crippen LogP contribution in [-0.4, -0.2) is 5.78 Å². The molecule has 0 spiro atoms. The van der Waals surface area contributed by atoms with Crippen molar-refractivity contribution in [3.05, 3.63) is 35.4 Å². The molecule has 0 N–H and O–H groups in total. The third-order valence-electron chi connectivity index (χ3n) is 2.71. The van der Waals surface area contributed by atoms with Crippen LogP contribution in [0.15, 0.2) is 24.3 Å². The van der Waals surface area contributed by atoms with Crippen LogP contribution >= 0.6 is 0 Å². The lowest BCUT2D eigenvalue weighted by molar-refractivity contribution is -0.138. The molecule has 0 fully saturated rings. The normalized spacial score (nSPS) is 13.5. The van der Waals surface area contributed by atoms with Crippen molar-refractivity contribution < 1.29 is 18.0 Å². The van der Waals surface area contributed by atoms with Gasteiger partial charge in [0.05, 0.1) is 5.56 Å². The second kappa shape index (κ2) is 5.34. The summed E-state index contributed by atoms with van der Waals surface area (Å²) < 4.78 is 38.2. The first-order valence-electron chi connectivity index (χ1n) is 5.56. The van der Waals surface area contributed by atoms with E-state index in [0.29, 0.717) is 12.8 Å². The Morgan fingerprint density at radius 1 is 1.29 bits per heavy atom. The molecule has 4 heteroatoms. The minimum Gasteiger partial charge on any atom is -0.299 e. The van der Waals surface area contributed by atoms with E-state index in [0.717, 1.165) is 6.07 Å². The van der Waals surface area contributed by atoms with Gasteiger partial charge >= 0.3 is 6.18 Å². The molecule has 1 atom stereocenters. The molecular formula is C13H15F3O. The average Bonchev–Trinajstić information content (AvgIpc) is 2.27. The van der Waals surface area contributed by atoms with E-state index in [1.165, 1.54) is 25.1 Å². The van der Waals surface area contributed by atoms with Gasteiger partial charge in [0.2, 0.25) is 0 Å². The molecule has 0 heterocycles. The zero-order valence-electron chi connectivity index (χ0n) is 9.84. The summed E-state index contributed by atoms with van der Waals surface area (Å²) >= 11 is 0. The third-order valence-corrected chi connectivity index (χ3v) is 2.71. The molecule has 0 bridgehead atoms. The molecule has 1 aromatic rings. The predicted octanol–water partition coefficient (Wildman–Crippen LogP) is 4.18. The minimum atomic E-state index is -4.41. The quantitative estimate of drug-likeness (QED) is 0.776.